The van der Waals surface area contributed by atoms with Gasteiger partial charge in [0, 0.05) is 18.0 Å². The summed E-state index contributed by atoms with van der Waals surface area (Å²) < 4.78 is 81.6. The number of carbonyl (C=O) groups is 1. The molecule has 36 heavy (non-hydrogen) atoms. The highest BCUT2D eigenvalue weighted by Crippen LogP contribution is 2.41. The van der Waals surface area contributed by atoms with E-state index in [2.05, 4.69) is 4.98 Å². The lowest BCUT2D eigenvalue weighted by Gasteiger charge is -2.39. The summed E-state index contributed by atoms with van der Waals surface area (Å²) in [6.45, 7) is 0.788. The predicted molar refractivity (Wildman–Crippen MR) is 118 cm³/mol. The number of nitrogens with zero attached hydrogens (tertiary/aromatic N) is 2. The SMILES string of the molecule is O=C(O)c1ccc(CN2CCCC[C@H]2[C@@H](O)c2cc(C(F)(F)F)nc3c(C(F)(F)F)cccc23)cc1. The lowest BCUT2D eigenvalue weighted by Crippen LogP contribution is -2.42. The Labute approximate surface area is 202 Å². The van der Waals surface area contributed by atoms with Crippen molar-refractivity contribution in [3.05, 3.63) is 76.5 Å². The average molecular weight is 512 g/mol. The van der Waals surface area contributed by atoms with Crippen LogP contribution in [-0.4, -0.2) is 38.7 Å². The maximum atomic E-state index is 13.6. The van der Waals surface area contributed by atoms with Crippen molar-refractivity contribution in [3.63, 3.8) is 0 Å². The van der Waals surface area contributed by atoms with E-state index in [-0.39, 0.29) is 23.1 Å². The number of aliphatic hydroxyl groups excluding tert-OH is 1. The Bertz CT molecular complexity index is 1260. The van der Waals surface area contributed by atoms with Gasteiger partial charge in [0.2, 0.25) is 0 Å². The van der Waals surface area contributed by atoms with Crippen LogP contribution in [0.3, 0.4) is 0 Å². The zero-order chi connectivity index (χ0) is 26.3. The van der Waals surface area contributed by atoms with Crippen molar-refractivity contribution in [2.24, 2.45) is 0 Å². The standard InChI is InChI=1S/C25H22F6N2O3/c26-24(27,28)18-5-3-4-16-17(12-20(25(29,30)31)32-21(16)18)22(34)19-6-1-2-11-33(19)13-14-7-9-15(10-8-14)23(35)36/h3-5,7-10,12,19,22,34H,1-2,6,11,13H2,(H,35,36)/t19-,22-/m0/s1. The molecule has 4 rings (SSSR count). The number of benzene rings is 2. The Balaban J connectivity index is 1.76. The highest BCUT2D eigenvalue weighted by atomic mass is 19.4. The van der Waals surface area contributed by atoms with E-state index in [9.17, 15) is 36.2 Å². The minimum Gasteiger partial charge on any atom is -0.478 e. The first-order chi connectivity index (χ1) is 16.9. The first-order valence-corrected chi connectivity index (χ1v) is 11.2. The van der Waals surface area contributed by atoms with E-state index in [0.717, 1.165) is 18.1 Å². The van der Waals surface area contributed by atoms with E-state index in [1.807, 2.05) is 4.90 Å². The van der Waals surface area contributed by atoms with Crippen LogP contribution in [0.5, 0.6) is 0 Å². The topological polar surface area (TPSA) is 73.7 Å². The number of fused-ring (bicyclic) bond motifs is 1. The van der Waals surface area contributed by atoms with Crippen molar-refractivity contribution in [1.29, 1.82) is 0 Å². The van der Waals surface area contributed by atoms with Gasteiger partial charge in [-0.1, -0.05) is 30.7 Å². The number of likely N-dealkylation sites (tertiary alicyclic amines) is 1. The fraction of sp³-hybridized carbons (Fsp3) is 0.360. The molecule has 192 valence electrons. The van der Waals surface area contributed by atoms with Crippen LogP contribution < -0.4 is 0 Å². The molecule has 1 saturated heterocycles. The highest BCUT2D eigenvalue weighted by Gasteiger charge is 2.39. The number of aromatic carboxylic acids is 1. The fourth-order valence-electron chi connectivity index (χ4n) is 4.66. The summed E-state index contributed by atoms with van der Waals surface area (Å²) in [7, 11) is 0. The summed E-state index contributed by atoms with van der Waals surface area (Å²) in [6, 6.07) is 9.02. The second-order valence-electron chi connectivity index (χ2n) is 8.77. The molecule has 3 aromatic rings. The van der Waals surface area contributed by atoms with Crippen molar-refractivity contribution in [2.75, 3.05) is 6.54 Å². The van der Waals surface area contributed by atoms with Crippen LogP contribution in [0.4, 0.5) is 26.3 Å². The molecule has 1 aliphatic rings. The van der Waals surface area contributed by atoms with Crippen molar-refractivity contribution in [2.45, 2.75) is 50.3 Å². The van der Waals surface area contributed by atoms with Crippen LogP contribution >= 0.6 is 0 Å². The number of pyridine rings is 1. The van der Waals surface area contributed by atoms with Gasteiger partial charge < -0.3 is 10.2 Å². The molecule has 0 amide bonds. The molecule has 0 saturated carbocycles. The Morgan fingerprint density at radius 2 is 1.72 bits per heavy atom. The summed E-state index contributed by atoms with van der Waals surface area (Å²) in [5.74, 6) is -1.09. The lowest BCUT2D eigenvalue weighted by molar-refractivity contribution is -0.142. The molecule has 11 heteroatoms. The monoisotopic (exact) mass is 512 g/mol. The number of rotatable bonds is 5. The molecule has 1 aromatic heterocycles. The van der Waals surface area contributed by atoms with Gasteiger partial charge in [-0.25, -0.2) is 9.78 Å². The van der Waals surface area contributed by atoms with Crippen LogP contribution in [0.15, 0.2) is 48.5 Å². The maximum absolute atomic E-state index is 13.6. The number of aromatic nitrogens is 1. The zero-order valence-electron chi connectivity index (χ0n) is 18.8. The first-order valence-electron chi connectivity index (χ1n) is 11.2. The summed E-state index contributed by atoms with van der Waals surface area (Å²) in [6.07, 6.45) is -9.60. The number of piperidine rings is 1. The van der Waals surface area contributed by atoms with Gasteiger partial charge in [0.1, 0.15) is 5.69 Å². The smallest absolute Gasteiger partial charge is 0.433 e. The van der Waals surface area contributed by atoms with E-state index in [1.165, 1.54) is 18.2 Å². The third-order valence-corrected chi connectivity index (χ3v) is 6.40. The largest absolute Gasteiger partial charge is 0.478 e. The molecular formula is C25H22F6N2O3. The number of alkyl halides is 6. The Morgan fingerprint density at radius 3 is 2.33 bits per heavy atom. The van der Waals surface area contributed by atoms with Crippen molar-refractivity contribution in [3.8, 4) is 0 Å². The number of carboxylic acids is 1. The van der Waals surface area contributed by atoms with E-state index < -0.39 is 47.2 Å². The number of para-hydroxylation sites is 1. The Kier molecular flexibility index (Phi) is 6.98. The van der Waals surface area contributed by atoms with Gasteiger partial charge in [0.15, 0.2) is 0 Å². The Morgan fingerprint density at radius 1 is 1.03 bits per heavy atom. The number of carboxylic acid groups (broad SMARTS) is 1. The number of aliphatic hydroxyl groups is 1. The van der Waals surface area contributed by atoms with Gasteiger partial charge in [-0.2, -0.15) is 26.3 Å². The highest BCUT2D eigenvalue weighted by molar-refractivity contribution is 5.87. The van der Waals surface area contributed by atoms with Gasteiger partial charge in [-0.3, -0.25) is 4.90 Å². The molecule has 2 atom stereocenters. The second kappa shape index (κ2) is 9.70. The van der Waals surface area contributed by atoms with E-state index >= 15 is 0 Å². The third kappa shape index (κ3) is 5.31. The number of halogens is 6. The van der Waals surface area contributed by atoms with Gasteiger partial charge in [-0.15, -0.1) is 0 Å². The molecule has 1 fully saturated rings. The van der Waals surface area contributed by atoms with Gasteiger partial charge >= 0.3 is 18.3 Å². The van der Waals surface area contributed by atoms with Crippen LogP contribution in [0.1, 0.15) is 58.1 Å². The molecule has 1 aliphatic heterocycles. The van der Waals surface area contributed by atoms with Crippen LogP contribution in [0.2, 0.25) is 0 Å². The van der Waals surface area contributed by atoms with Crippen molar-refractivity contribution < 1.29 is 41.4 Å². The van der Waals surface area contributed by atoms with Crippen LogP contribution in [0, 0.1) is 0 Å². The van der Waals surface area contributed by atoms with Gasteiger partial charge in [-0.05, 0) is 54.8 Å². The van der Waals surface area contributed by atoms with Crippen LogP contribution in [0.25, 0.3) is 10.9 Å². The summed E-state index contributed by atoms with van der Waals surface area (Å²) in [5, 5.41) is 20.2. The minimum absolute atomic E-state index is 0.0948. The van der Waals surface area contributed by atoms with E-state index in [0.29, 0.717) is 31.5 Å². The van der Waals surface area contributed by atoms with E-state index in [1.54, 1.807) is 12.1 Å². The van der Waals surface area contributed by atoms with Gasteiger partial charge in [0.05, 0.1) is 22.7 Å². The van der Waals surface area contributed by atoms with Crippen molar-refractivity contribution in [1.82, 2.24) is 9.88 Å². The molecule has 0 unspecified atom stereocenters. The molecule has 0 aliphatic carbocycles. The molecule has 0 bridgehead atoms. The number of hydrogen-bond donors (Lipinski definition) is 2. The normalized spacial score (nSPS) is 18.4. The molecule has 2 heterocycles. The lowest BCUT2D eigenvalue weighted by atomic mass is 9.89. The molecule has 0 radical (unpaired) electrons. The molecule has 2 N–H and O–H groups in total. The predicted octanol–water partition coefficient (Wildman–Crippen LogP) is 6.06. The third-order valence-electron chi connectivity index (χ3n) is 6.40. The summed E-state index contributed by atoms with van der Waals surface area (Å²) in [5.41, 5.74) is -3.12. The first kappa shape index (κ1) is 25.9. The second-order valence-corrected chi connectivity index (χ2v) is 8.77. The summed E-state index contributed by atoms with van der Waals surface area (Å²) in [4.78, 5) is 16.2. The van der Waals surface area contributed by atoms with Crippen molar-refractivity contribution >= 4 is 16.9 Å². The van der Waals surface area contributed by atoms with Gasteiger partial charge in [0.25, 0.3) is 0 Å². The fourth-order valence-corrected chi connectivity index (χ4v) is 4.66. The number of hydrogen-bond acceptors (Lipinski definition) is 4. The van der Waals surface area contributed by atoms with Crippen LogP contribution in [-0.2, 0) is 18.9 Å². The van der Waals surface area contributed by atoms with E-state index in [4.69, 9.17) is 5.11 Å². The minimum atomic E-state index is -5.01. The Hall–Kier alpha value is -3.18. The molecular weight excluding hydrogens is 490 g/mol. The molecule has 5 nitrogen and oxygen atoms in total. The molecule has 2 aromatic carbocycles. The quantitative estimate of drug-likeness (QED) is 0.407. The molecule has 0 spiro atoms. The zero-order valence-corrected chi connectivity index (χ0v) is 18.8. The summed E-state index contributed by atoms with van der Waals surface area (Å²) >= 11 is 0. The maximum Gasteiger partial charge on any atom is 0.433 e. The average Bonchev–Trinajstić information content (AvgIpc) is 2.82.